The zero-order valence-electron chi connectivity index (χ0n) is 16.6. The Hall–Kier alpha value is -1.66. The number of rotatable bonds is 11. The van der Waals surface area contributed by atoms with E-state index in [4.69, 9.17) is 5.84 Å². The van der Waals surface area contributed by atoms with E-state index in [1.54, 1.807) is 12.5 Å². The molecule has 1 aliphatic carbocycles. The molecule has 0 bridgehead atoms. The largest absolute Gasteiger partial charge is 0.391 e. The highest BCUT2D eigenvalue weighted by atomic mass is 16.3. The second-order valence-electron chi connectivity index (χ2n) is 7.89. The number of imidazole rings is 1. The second-order valence-corrected chi connectivity index (χ2v) is 7.89. The van der Waals surface area contributed by atoms with Gasteiger partial charge >= 0.3 is 0 Å². The number of aliphatic hydroxyl groups is 1. The Morgan fingerprint density at radius 2 is 2.22 bits per heavy atom. The average molecular weight is 377 g/mol. The summed E-state index contributed by atoms with van der Waals surface area (Å²) >= 11 is 0. The van der Waals surface area contributed by atoms with Crippen molar-refractivity contribution < 1.29 is 9.90 Å². The normalized spacial score (nSPS) is 18.6. The first-order valence-electron chi connectivity index (χ1n) is 10.4. The lowest BCUT2D eigenvalue weighted by molar-refractivity contribution is -0.137. The number of H-pyrrole nitrogens is 1. The molecule has 1 saturated carbocycles. The predicted molar refractivity (Wildman–Crippen MR) is 108 cm³/mol. The fourth-order valence-corrected chi connectivity index (χ4v) is 4.09. The van der Waals surface area contributed by atoms with Crippen LogP contribution in [0.1, 0.15) is 70.4 Å². The summed E-state index contributed by atoms with van der Waals surface area (Å²) in [6.45, 7) is 5.95. The summed E-state index contributed by atoms with van der Waals surface area (Å²) in [4.78, 5) is 19.7. The van der Waals surface area contributed by atoms with Crippen LogP contribution in [-0.2, 0) is 11.2 Å². The number of amides is 1. The monoisotopic (exact) mass is 376 g/mol. The van der Waals surface area contributed by atoms with E-state index in [0.717, 1.165) is 31.4 Å². The Morgan fingerprint density at radius 3 is 2.81 bits per heavy atom. The van der Waals surface area contributed by atoms with Crippen molar-refractivity contribution in [3.63, 3.8) is 0 Å². The minimum atomic E-state index is -0.629. The van der Waals surface area contributed by atoms with Gasteiger partial charge in [0.25, 0.3) is 0 Å². The SMILES string of the molecule is C=C[C@H](CC)C[C@H](O)[C@H](CC1CCCCC1)N(N)C(=O)CCc1cnc[nH]1. The molecule has 0 radical (unpaired) electrons. The molecule has 152 valence electrons. The first-order chi connectivity index (χ1) is 13.0. The standard InChI is InChI=1S/C21H36N4O2/c1-3-16(4-2)13-20(26)19(12-17-8-6-5-7-9-17)25(22)21(27)11-10-18-14-23-15-24-18/h3,14-17,19-20,26H,1,4-13,22H2,2H3,(H,23,24)/t16-,19+,20+/m1/s1. The molecule has 6 nitrogen and oxygen atoms in total. The van der Waals surface area contributed by atoms with Gasteiger partial charge in [-0.05, 0) is 37.5 Å². The van der Waals surface area contributed by atoms with Crippen molar-refractivity contribution in [3.05, 3.63) is 30.9 Å². The number of carbonyl (C=O) groups is 1. The fourth-order valence-electron chi connectivity index (χ4n) is 4.09. The number of hydrazine groups is 1. The summed E-state index contributed by atoms with van der Waals surface area (Å²) in [5.74, 6) is 6.90. The number of hydrogen-bond acceptors (Lipinski definition) is 4. The van der Waals surface area contributed by atoms with Gasteiger partial charge in [-0.1, -0.05) is 45.1 Å². The van der Waals surface area contributed by atoms with Crippen LogP contribution in [0.2, 0.25) is 0 Å². The van der Waals surface area contributed by atoms with E-state index in [0.29, 0.717) is 25.2 Å². The number of aromatic nitrogens is 2. The van der Waals surface area contributed by atoms with E-state index < -0.39 is 6.10 Å². The zero-order chi connectivity index (χ0) is 19.6. The van der Waals surface area contributed by atoms with Crippen LogP contribution < -0.4 is 5.84 Å². The topological polar surface area (TPSA) is 95.2 Å². The van der Waals surface area contributed by atoms with Crippen molar-refractivity contribution in [2.75, 3.05) is 0 Å². The maximum Gasteiger partial charge on any atom is 0.237 e. The van der Waals surface area contributed by atoms with Gasteiger partial charge < -0.3 is 10.1 Å². The Labute approximate surface area is 163 Å². The van der Waals surface area contributed by atoms with Crippen molar-refractivity contribution in [2.45, 2.75) is 83.3 Å². The third kappa shape index (κ3) is 6.78. The van der Waals surface area contributed by atoms with Crippen molar-refractivity contribution >= 4 is 5.91 Å². The van der Waals surface area contributed by atoms with E-state index >= 15 is 0 Å². The van der Waals surface area contributed by atoms with E-state index in [9.17, 15) is 9.90 Å². The first-order valence-corrected chi connectivity index (χ1v) is 10.4. The first kappa shape index (κ1) is 21.6. The third-order valence-electron chi connectivity index (χ3n) is 5.95. The highest BCUT2D eigenvalue weighted by Gasteiger charge is 2.31. The Morgan fingerprint density at radius 1 is 1.48 bits per heavy atom. The Bertz CT molecular complexity index is 555. The van der Waals surface area contributed by atoms with Crippen molar-refractivity contribution in [2.24, 2.45) is 17.7 Å². The number of aromatic amines is 1. The highest BCUT2D eigenvalue weighted by molar-refractivity contribution is 5.76. The van der Waals surface area contributed by atoms with Crippen LogP contribution in [0.25, 0.3) is 0 Å². The van der Waals surface area contributed by atoms with Crippen molar-refractivity contribution in [1.82, 2.24) is 15.0 Å². The Kier molecular flexibility index (Phi) is 9.01. The lowest BCUT2D eigenvalue weighted by Crippen LogP contribution is -2.52. The van der Waals surface area contributed by atoms with E-state index in [-0.39, 0.29) is 17.9 Å². The molecule has 1 aromatic rings. The van der Waals surface area contributed by atoms with Crippen LogP contribution in [0.15, 0.2) is 25.2 Å². The second kappa shape index (κ2) is 11.2. The Balaban J connectivity index is 2.01. The highest BCUT2D eigenvalue weighted by Crippen LogP contribution is 2.30. The molecule has 4 N–H and O–H groups in total. The molecular weight excluding hydrogens is 340 g/mol. The van der Waals surface area contributed by atoms with Gasteiger partial charge in [0.2, 0.25) is 5.91 Å². The molecule has 1 heterocycles. The summed E-state index contributed by atoms with van der Waals surface area (Å²) in [5, 5.41) is 12.2. The maximum atomic E-state index is 12.7. The van der Waals surface area contributed by atoms with Crippen LogP contribution >= 0.6 is 0 Å². The van der Waals surface area contributed by atoms with Gasteiger partial charge in [-0.2, -0.15) is 0 Å². The van der Waals surface area contributed by atoms with E-state index in [1.165, 1.54) is 24.3 Å². The van der Waals surface area contributed by atoms with Gasteiger partial charge in [0.15, 0.2) is 0 Å². The predicted octanol–water partition coefficient (Wildman–Crippen LogP) is 3.35. The van der Waals surface area contributed by atoms with Crippen LogP contribution in [-0.4, -0.2) is 38.1 Å². The number of allylic oxidation sites excluding steroid dienone is 1. The molecule has 27 heavy (non-hydrogen) atoms. The van der Waals surface area contributed by atoms with Gasteiger partial charge in [0.05, 0.1) is 18.5 Å². The van der Waals surface area contributed by atoms with Crippen molar-refractivity contribution in [1.29, 1.82) is 0 Å². The molecule has 1 aromatic heterocycles. The summed E-state index contributed by atoms with van der Waals surface area (Å²) in [7, 11) is 0. The quantitative estimate of drug-likeness (QED) is 0.239. The van der Waals surface area contributed by atoms with Crippen LogP contribution in [0.4, 0.5) is 0 Å². The summed E-state index contributed by atoms with van der Waals surface area (Å²) in [6, 6.07) is -0.337. The number of nitrogens with zero attached hydrogens (tertiary/aromatic N) is 2. The van der Waals surface area contributed by atoms with Gasteiger partial charge in [0.1, 0.15) is 0 Å². The van der Waals surface area contributed by atoms with Crippen molar-refractivity contribution in [3.8, 4) is 0 Å². The number of nitrogens with one attached hydrogen (secondary N) is 1. The maximum absolute atomic E-state index is 12.7. The molecule has 0 unspecified atom stereocenters. The number of carbonyl (C=O) groups excluding carboxylic acids is 1. The lowest BCUT2D eigenvalue weighted by Gasteiger charge is -2.36. The van der Waals surface area contributed by atoms with E-state index in [2.05, 4.69) is 23.5 Å². The van der Waals surface area contributed by atoms with Gasteiger partial charge in [-0.25, -0.2) is 10.8 Å². The molecule has 6 heteroatoms. The summed E-state index contributed by atoms with van der Waals surface area (Å²) in [5.41, 5.74) is 0.916. The fraction of sp³-hybridized carbons (Fsp3) is 0.714. The minimum Gasteiger partial charge on any atom is -0.391 e. The number of hydrogen-bond donors (Lipinski definition) is 3. The molecule has 1 aliphatic rings. The summed E-state index contributed by atoms with van der Waals surface area (Å²) < 4.78 is 0. The molecule has 1 fully saturated rings. The molecule has 0 saturated heterocycles. The molecule has 0 aromatic carbocycles. The lowest BCUT2D eigenvalue weighted by atomic mass is 9.82. The third-order valence-corrected chi connectivity index (χ3v) is 5.95. The number of aliphatic hydroxyl groups excluding tert-OH is 1. The van der Waals surface area contributed by atoms with Crippen LogP contribution in [0.3, 0.4) is 0 Å². The minimum absolute atomic E-state index is 0.129. The number of aryl methyl sites for hydroxylation is 1. The molecule has 1 amide bonds. The van der Waals surface area contributed by atoms with Gasteiger partial charge in [0, 0.05) is 18.3 Å². The zero-order valence-corrected chi connectivity index (χ0v) is 16.6. The van der Waals surface area contributed by atoms with Crippen LogP contribution in [0.5, 0.6) is 0 Å². The average Bonchev–Trinajstić information content (AvgIpc) is 3.22. The molecule has 0 spiro atoms. The molecule has 2 rings (SSSR count). The van der Waals surface area contributed by atoms with E-state index in [1.807, 2.05) is 6.08 Å². The van der Waals surface area contributed by atoms with Crippen LogP contribution in [0, 0.1) is 11.8 Å². The molecule has 3 atom stereocenters. The number of nitrogens with two attached hydrogens (primary N) is 1. The summed E-state index contributed by atoms with van der Waals surface area (Å²) in [6.07, 6.45) is 13.9. The van der Waals surface area contributed by atoms with Gasteiger partial charge in [-0.3, -0.25) is 9.80 Å². The van der Waals surface area contributed by atoms with Gasteiger partial charge in [-0.15, -0.1) is 6.58 Å². The molecular formula is C21H36N4O2. The molecule has 0 aliphatic heterocycles. The smallest absolute Gasteiger partial charge is 0.237 e.